The van der Waals surface area contributed by atoms with Gasteiger partial charge in [0.1, 0.15) is 0 Å². The van der Waals surface area contributed by atoms with E-state index >= 15 is 0 Å². The van der Waals surface area contributed by atoms with Gasteiger partial charge in [0.15, 0.2) is 0 Å². The number of nitro benzene ring substituents is 1. The zero-order valence-electron chi connectivity index (χ0n) is 7.04. The molecule has 0 amide bonds. The van der Waals surface area contributed by atoms with Gasteiger partial charge in [-0.1, -0.05) is 11.6 Å². The van der Waals surface area contributed by atoms with Gasteiger partial charge in [-0.2, -0.15) is 4.39 Å². The van der Waals surface area contributed by atoms with Crippen LogP contribution in [0.1, 0.15) is 5.56 Å². The zero-order chi connectivity index (χ0) is 10.7. The normalized spacial score (nSPS) is 10.2. The molecule has 0 unspecified atom stereocenters. The van der Waals surface area contributed by atoms with E-state index in [0.29, 0.717) is 5.56 Å². The number of hydrogen-bond donors (Lipinski definition) is 1. The van der Waals surface area contributed by atoms with Crippen molar-refractivity contribution >= 4 is 17.3 Å². The number of aliphatic hydroxyl groups is 1. The highest BCUT2D eigenvalue weighted by molar-refractivity contribution is 6.31. The molecule has 0 radical (unpaired) electrons. The molecular formula is C8H7ClFNO3. The highest BCUT2D eigenvalue weighted by Crippen LogP contribution is 2.26. The average Bonchev–Trinajstić information content (AvgIpc) is 2.11. The molecule has 0 aliphatic rings. The van der Waals surface area contributed by atoms with Gasteiger partial charge < -0.3 is 5.11 Å². The van der Waals surface area contributed by atoms with Crippen LogP contribution in [0.5, 0.6) is 0 Å². The van der Waals surface area contributed by atoms with Gasteiger partial charge in [-0.15, -0.1) is 0 Å². The molecule has 0 fully saturated rings. The largest absolute Gasteiger partial charge is 0.396 e. The Morgan fingerprint density at radius 3 is 2.71 bits per heavy atom. The highest BCUT2D eigenvalue weighted by Gasteiger charge is 2.18. The topological polar surface area (TPSA) is 63.4 Å². The maximum Gasteiger partial charge on any atom is 0.306 e. The molecule has 0 spiro atoms. The van der Waals surface area contributed by atoms with Gasteiger partial charge in [0.05, 0.1) is 9.95 Å². The number of hydrogen-bond acceptors (Lipinski definition) is 3. The summed E-state index contributed by atoms with van der Waals surface area (Å²) in [7, 11) is 0. The van der Waals surface area contributed by atoms with E-state index in [0.717, 1.165) is 6.07 Å². The fraction of sp³-hybridized carbons (Fsp3) is 0.250. The summed E-state index contributed by atoms with van der Waals surface area (Å²) in [5, 5.41) is 18.7. The Bertz CT molecular complexity index is 370. The first-order valence-electron chi connectivity index (χ1n) is 3.79. The van der Waals surface area contributed by atoms with Gasteiger partial charge in [0.2, 0.25) is 5.82 Å². The van der Waals surface area contributed by atoms with Crippen molar-refractivity contribution in [3.63, 3.8) is 0 Å². The lowest BCUT2D eigenvalue weighted by Gasteiger charge is -2.01. The van der Waals surface area contributed by atoms with Crippen LogP contribution in [0.2, 0.25) is 5.02 Å². The van der Waals surface area contributed by atoms with Crippen LogP contribution in [0.3, 0.4) is 0 Å². The molecule has 0 aliphatic heterocycles. The van der Waals surface area contributed by atoms with Crippen LogP contribution in [-0.2, 0) is 6.42 Å². The Morgan fingerprint density at radius 2 is 2.21 bits per heavy atom. The van der Waals surface area contributed by atoms with Gasteiger partial charge in [-0.3, -0.25) is 10.1 Å². The maximum atomic E-state index is 13.0. The Labute approximate surface area is 84.1 Å². The molecule has 1 aromatic rings. The van der Waals surface area contributed by atoms with E-state index in [1.165, 1.54) is 6.07 Å². The second kappa shape index (κ2) is 4.34. The molecule has 1 rings (SSSR count). The van der Waals surface area contributed by atoms with Crippen molar-refractivity contribution in [2.75, 3.05) is 6.61 Å². The SMILES string of the molecule is O=[N+]([O-])c1cc(CCO)cc(Cl)c1F. The summed E-state index contributed by atoms with van der Waals surface area (Å²) in [6.45, 7) is -0.168. The first-order valence-corrected chi connectivity index (χ1v) is 4.17. The van der Waals surface area contributed by atoms with Crippen molar-refractivity contribution in [2.24, 2.45) is 0 Å². The quantitative estimate of drug-likeness (QED) is 0.624. The fourth-order valence-corrected chi connectivity index (χ4v) is 1.27. The van der Waals surface area contributed by atoms with Crippen molar-refractivity contribution < 1.29 is 14.4 Å². The second-order valence-corrected chi connectivity index (χ2v) is 3.05. The molecule has 0 saturated heterocycles. The van der Waals surface area contributed by atoms with Crippen LogP contribution in [-0.4, -0.2) is 16.6 Å². The molecule has 0 aromatic heterocycles. The summed E-state index contributed by atoms with van der Waals surface area (Å²) >= 11 is 5.44. The Balaban J connectivity index is 3.21. The lowest BCUT2D eigenvalue weighted by Crippen LogP contribution is -1.97. The van der Waals surface area contributed by atoms with Crippen molar-refractivity contribution in [1.29, 1.82) is 0 Å². The third kappa shape index (κ3) is 2.18. The lowest BCUT2D eigenvalue weighted by molar-refractivity contribution is -0.387. The maximum absolute atomic E-state index is 13.0. The van der Waals surface area contributed by atoms with Gasteiger partial charge in [0.25, 0.3) is 0 Å². The first kappa shape index (κ1) is 10.9. The molecular weight excluding hydrogens is 213 g/mol. The number of halogens is 2. The summed E-state index contributed by atoms with van der Waals surface area (Å²) in [5.41, 5.74) is -0.230. The second-order valence-electron chi connectivity index (χ2n) is 2.64. The Kier molecular flexibility index (Phi) is 3.38. The molecule has 1 aromatic carbocycles. The minimum absolute atomic E-state index is 0.168. The summed E-state index contributed by atoms with van der Waals surface area (Å²) in [5.74, 6) is -1.04. The standard InChI is InChI=1S/C8H7ClFNO3/c9-6-3-5(1-2-12)4-7(8(6)10)11(13)14/h3-4,12H,1-2H2. The van der Waals surface area contributed by atoms with Gasteiger partial charge in [-0.05, 0) is 18.1 Å². The van der Waals surface area contributed by atoms with E-state index in [9.17, 15) is 14.5 Å². The smallest absolute Gasteiger partial charge is 0.306 e. The van der Waals surface area contributed by atoms with E-state index < -0.39 is 16.4 Å². The van der Waals surface area contributed by atoms with Crippen LogP contribution in [0, 0.1) is 15.9 Å². The van der Waals surface area contributed by atoms with Crippen molar-refractivity contribution in [3.05, 3.63) is 38.7 Å². The highest BCUT2D eigenvalue weighted by atomic mass is 35.5. The van der Waals surface area contributed by atoms with Crippen LogP contribution >= 0.6 is 11.6 Å². The Hall–Kier alpha value is -1.20. The third-order valence-electron chi connectivity index (χ3n) is 1.67. The Morgan fingerprint density at radius 1 is 1.57 bits per heavy atom. The predicted octanol–water partition coefficient (Wildman–Crippen LogP) is 1.92. The summed E-state index contributed by atoms with van der Waals surface area (Å²) < 4.78 is 13.0. The number of benzene rings is 1. The minimum Gasteiger partial charge on any atom is -0.396 e. The van der Waals surface area contributed by atoms with Crippen molar-refractivity contribution in [2.45, 2.75) is 6.42 Å². The van der Waals surface area contributed by atoms with E-state index in [-0.39, 0.29) is 18.1 Å². The molecule has 1 N–H and O–H groups in total. The third-order valence-corrected chi connectivity index (χ3v) is 1.94. The number of nitro groups is 1. The van der Waals surface area contributed by atoms with E-state index in [4.69, 9.17) is 16.7 Å². The molecule has 76 valence electrons. The molecule has 14 heavy (non-hydrogen) atoms. The molecule has 0 bridgehead atoms. The van der Waals surface area contributed by atoms with Crippen molar-refractivity contribution in [3.8, 4) is 0 Å². The first-order chi connectivity index (χ1) is 6.56. The summed E-state index contributed by atoms with van der Waals surface area (Å²) in [6.07, 6.45) is 0.209. The molecule has 0 saturated carbocycles. The lowest BCUT2D eigenvalue weighted by atomic mass is 10.1. The number of rotatable bonds is 3. The monoisotopic (exact) mass is 219 g/mol. The summed E-state index contributed by atoms with van der Waals surface area (Å²) in [4.78, 5) is 9.53. The van der Waals surface area contributed by atoms with Crippen LogP contribution in [0.4, 0.5) is 10.1 Å². The molecule has 4 nitrogen and oxygen atoms in total. The van der Waals surface area contributed by atoms with Crippen molar-refractivity contribution in [1.82, 2.24) is 0 Å². The molecule has 0 atom stereocenters. The van der Waals surface area contributed by atoms with Gasteiger partial charge in [-0.25, -0.2) is 0 Å². The number of nitrogens with zero attached hydrogens (tertiary/aromatic N) is 1. The molecule has 6 heteroatoms. The molecule has 0 heterocycles. The van der Waals surface area contributed by atoms with Gasteiger partial charge in [0, 0.05) is 12.7 Å². The van der Waals surface area contributed by atoms with Crippen LogP contribution < -0.4 is 0 Å². The minimum atomic E-state index is -1.04. The van der Waals surface area contributed by atoms with E-state index in [1.54, 1.807) is 0 Å². The predicted molar refractivity (Wildman–Crippen MR) is 48.9 cm³/mol. The molecule has 0 aliphatic carbocycles. The fourth-order valence-electron chi connectivity index (χ4n) is 1.04. The van der Waals surface area contributed by atoms with Crippen LogP contribution in [0.15, 0.2) is 12.1 Å². The zero-order valence-corrected chi connectivity index (χ0v) is 7.79. The van der Waals surface area contributed by atoms with Gasteiger partial charge >= 0.3 is 5.69 Å². The average molecular weight is 220 g/mol. The number of aliphatic hydroxyl groups excluding tert-OH is 1. The van der Waals surface area contributed by atoms with E-state index in [2.05, 4.69) is 0 Å². The van der Waals surface area contributed by atoms with E-state index in [1.807, 2.05) is 0 Å². The summed E-state index contributed by atoms with van der Waals surface area (Å²) in [6, 6.07) is 2.33. The van der Waals surface area contributed by atoms with Crippen LogP contribution in [0.25, 0.3) is 0 Å².